The number of H-pyrrole nitrogens is 2. The molecule has 17 heteroatoms. The zero-order valence-corrected chi connectivity index (χ0v) is 43.9. The predicted octanol–water partition coefficient (Wildman–Crippen LogP) is 9.22. The second-order valence-electron chi connectivity index (χ2n) is 19.1. The first-order valence-corrected chi connectivity index (χ1v) is 26.9. The van der Waals surface area contributed by atoms with Gasteiger partial charge in [0.05, 0.1) is 44.5 Å². The summed E-state index contributed by atoms with van der Waals surface area (Å²) in [4.78, 5) is 57.2. The van der Waals surface area contributed by atoms with Gasteiger partial charge in [-0.25, -0.2) is 9.59 Å². The Morgan fingerprint density at radius 3 is 1.13 bits per heavy atom. The Kier molecular flexibility index (Phi) is 16.8. The predicted molar refractivity (Wildman–Crippen MR) is 292 cm³/mol. The van der Waals surface area contributed by atoms with Crippen LogP contribution in [0.5, 0.6) is 0 Å². The number of benzene rings is 6. The van der Waals surface area contributed by atoms with Gasteiger partial charge in [0.15, 0.2) is 0 Å². The maximum Gasteiger partial charge on any atom is 0.333 e. The van der Waals surface area contributed by atoms with Crippen molar-refractivity contribution < 1.29 is 32.5 Å². The summed E-state index contributed by atoms with van der Waals surface area (Å²) < 4.78 is 51.2. The number of nitriles is 1. The number of hydrogen-bond donors (Lipinski definition) is 2. The van der Waals surface area contributed by atoms with Gasteiger partial charge in [-0.3, -0.25) is 28.7 Å². The Labute approximate surface area is 451 Å². The molecule has 0 bridgehead atoms. The Bertz CT molecular complexity index is 3120. The lowest BCUT2D eigenvalue weighted by molar-refractivity contribution is -0.0990. The normalized spacial score (nSPS) is 19.5. The van der Waals surface area contributed by atoms with Gasteiger partial charge < -0.3 is 32.5 Å². The molecular weight excluding hydrogens is 1010 g/mol. The van der Waals surface area contributed by atoms with Crippen molar-refractivity contribution in [3.8, 4) is 6.07 Å². The van der Waals surface area contributed by atoms with Crippen molar-refractivity contribution in [2.45, 2.75) is 81.2 Å². The van der Waals surface area contributed by atoms with Crippen molar-refractivity contribution in [1.82, 2.24) is 19.1 Å². The molecule has 78 heavy (non-hydrogen) atoms. The average Bonchev–Trinajstić information content (AvgIpc) is 4.20. The molecule has 0 amide bonds. The Balaban J connectivity index is 1.02. The van der Waals surface area contributed by atoms with E-state index in [0.717, 1.165) is 33.4 Å². The molecule has 0 spiro atoms. The lowest BCUT2D eigenvalue weighted by Crippen LogP contribution is -2.39. The number of aryl methyl sites for hydroxylation is 2. The zero-order chi connectivity index (χ0) is 54.1. The summed E-state index contributed by atoms with van der Waals surface area (Å²) in [6.45, 7) is 2.96. The van der Waals surface area contributed by atoms with Gasteiger partial charge in [0.2, 0.25) is 0 Å². The fraction of sp³-hybridized carbons (Fsp3) is 0.262. The number of ether oxygens (including phenoxy) is 4. The summed E-state index contributed by atoms with van der Waals surface area (Å²) in [5.74, 6) is 0. The molecule has 2 aromatic heterocycles. The van der Waals surface area contributed by atoms with Gasteiger partial charge in [0.25, 0.3) is 11.1 Å². The van der Waals surface area contributed by atoms with Crippen molar-refractivity contribution in [3.63, 3.8) is 0 Å². The van der Waals surface area contributed by atoms with Crippen molar-refractivity contribution in [2.75, 3.05) is 19.8 Å². The first-order valence-electron chi connectivity index (χ1n) is 25.8. The third-order valence-electron chi connectivity index (χ3n) is 14.1. The minimum atomic E-state index is -2.41. The highest BCUT2D eigenvalue weighted by molar-refractivity contribution is 7.41. The number of nitrogens with zero attached hydrogens (tertiary/aromatic N) is 3. The molecule has 0 radical (unpaired) electrons. The van der Waals surface area contributed by atoms with E-state index in [0.29, 0.717) is 11.1 Å². The molecule has 2 fully saturated rings. The molecule has 0 saturated carbocycles. The molecular formula is C61H58N5O11P. The summed E-state index contributed by atoms with van der Waals surface area (Å²) in [5, 5.41) is 9.75. The SMILES string of the molecule is Cc1cn([C@H]2C[C@H](OP(OCCC#N)O[C@H]3C[C@H](n4cc(C)c(=O)[nH]c4=O)O[C@@H]3COC(c3ccccc3)(c3ccccc3)c3ccccc3)[C@@H](COC(c3ccccc3)(c3ccccc3)c3ccccc3)O2)c(=O)[nH]c1=O. The van der Waals surface area contributed by atoms with Crippen LogP contribution < -0.4 is 22.5 Å². The van der Waals surface area contributed by atoms with Gasteiger partial charge in [-0.15, -0.1) is 0 Å². The van der Waals surface area contributed by atoms with Gasteiger partial charge in [-0.05, 0) is 47.2 Å². The zero-order valence-electron chi connectivity index (χ0n) is 43.0. The Morgan fingerprint density at radius 1 is 0.526 bits per heavy atom. The van der Waals surface area contributed by atoms with Crippen molar-refractivity contribution in [2.24, 2.45) is 0 Å². The Hall–Kier alpha value is -7.68. The van der Waals surface area contributed by atoms with Crippen LogP contribution in [0.1, 0.15) is 76.2 Å². The summed E-state index contributed by atoms with van der Waals surface area (Å²) in [5.41, 5.74) is 0.988. The van der Waals surface area contributed by atoms with E-state index in [-0.39, 0.29) is 39.1 Å². The number of aromatic amines is 2. The van der Waals surface area contributed by atoms with Gasteiger partial charge in [0.1, 0.15) is 35.9 Å². The summed E-state index contributed by atoms with van der Waals surface area (Å²) >= 11 is 0. The van der Waals surface area contributed by atoms with E-state index in [1.165, 1.54) is 21.5 Å². The van der Waals surface area contributed by atoms with Crippen LogP contribution in [0.15, 0.2) is 214 Å². The van der Waals surface area contributed by atoms with Crippen molar-refractivity contribution in [1.29, 1.82) is 5.26 Å². The molecule has 398 valence electrons. The third kappa shape index (κ3) is 11.3. The highest BCUT2D eigenvalue weighted by Gasteiger charge is 2.47. The van der Waals surface area contributed by atoms with E-state index in [9.17, 15) is 24.4 Å². The molecule has 0 unspecified atom stereocenters. The first kappa shape index (κ1) is 53.7. The molecule has 6 aromatic carbocycles. The molecule has 2 aliphatic heterocycles. The van der Waals surface area contributed by atoms with E-state index < -0.39 is 79.2 Å². The fourth-order valence-electron chi connectivity index (χ4n) is 10.3. The largest absolute Gasteiger partial charge is 0.358 e. The lowest BCUT2D eigenvalue weighted by Gasteiger charge is -2.37. The smallest absolute Gasteiger partial charge is 0.333 e. The molecule has 2 saturated heterocycles. The van der Waals surface area contributed by atoms with E-state index in [1.54, 1.807) is 13.8 Å². The van der Waals surface area contributed by atoms with Gasteiger partial charge in [-0.2, -0.15) is 5.26 Å². The highest BCUT2D eigenvalue weighted by Crippen LogP contribution is 2.51. The summed E-state index contributed by atoms with van der Waals surface area (Å²) in [7, 11) is -2.41. The first-order chi connectivity index (χ1) is 38.1. The molecule has 0 aliphatic carbocycles. The van der Waals surface area contributed by atoms with Crippen molar-refractivity contribution >= 4 is 8.60 Å². The van der Waals surface area contributed by atoms with Gasteiger partial charge in [-0.1, -0.05) is 182 Å². The van der Waals surface area contributed by atoms with Gasteiger partial charge in [0, 0.05) is 36.4 Å². The maximum absolute atomic E-state index is 13.6. The molecule has 6 atom stereocenters. The van der Waals surface area contributed by atoms with Crippen LogP contribution in [-0.4, -0.2) is 63.3 Å². The standard InChI is InChI=1S/C61H58N5O11P/c1-42-38-65(58(69)63-56(42)67)54-36-50(52(74-54)40-71-60(44-22-9-3-10-23-44,45-24-11-4-12-25-45)46-26-13-5-14-27-46)76-78(73-35-21-34-62)77-51-37-55(66-39-43(2)57(68)64-59(66)70)75-53(51)41-72-61(47-28-15-6-16-29-47,48-30-17-7-18-31-48)49-32-19-8-20-33-49/h3-20,22-33,38-39,50-55H,21,35-37,40-41H2,1-2H3,(H,63,67,69)(H,64,68,70)/t50-,51-,52+,53+,54+,55+/m0/s1. The van der Waals surface area contributed by atoms with E-state index in [1.807, 2.05) is 182 Å². The molecule has 4 heterocycles. The van der Waals surface area contributed by atoms with E-state index in [2.05, 4.69) is 16.0 Å². The molecule has 2 N–H and O–H groups in total. The number of hydrogen-bond acceptors (Lipinski definition) is 12. The van der Waals surface area contributed by atoms with E-state index in [4.69, 9.17) is 32.5 Å². The molecule has 10 rings (SSSR count). The minimum Gasteiger partial charge on any atom is -0.358 e. The summed E-state index contributed by atoms with van der Waals surface area (Å²) in [6.07, 6.45) is -2.38. The monoisotopic (exact) mass is 1070 g/mol. The van der Waals surface area contributed by atoms with Crippen LogP contribution in [0, 0.1) is 25.2 Å². The van der Waals surface area contributed by atoms with Crippen LogP contribution in [0.25, 0.3) is 0 Å². The second-order valence-corrected chi connectivity index (χ2v) is 20.2. The van der Waals surface area contributed by atoms with Crippen LogP contribution in [0.4, 0.5) is 0 Å². The van der Waals surface area contributed by atoms with Crippen LogP contribution in [0.3, 0.4) is 0 Å². The Morgan fingerprint density at radius 2 is 0.833 bits per heavy atom. The van der Waals surface area contributed by atoms with Crippen LogP contribution in [0.2, 0.25) is 0 Å². The second kappa shape index (κ2) is 24.3. The fourth-order valence-corrected chi connectivity index (χ4v) is 11.6. The van der Waals surface area contributed by atoms with Crippen LogP contribution >= 0.6 is 8.60 Å². The van der Waals surface area contributed by atoms with E-state index >= 15 is 0 Å². The number of aromatic nitrogens is 4. The molecule has 2 aliphatic rings. The topological polar surface area (TPSA) is 198 Å². The number of nitrogens with one attached hydrogen (secondary N) is 2. The maximum atomic E-state index is 13.6. The van der Waals surface area contributed by atoms with Crippen LogP contribution in [-0.2, 0) is 43.7 Å². The lowest BCUT2D eigenvalue weighted by atomic mass is 9.80. The third-order valence-corrected chi connectivity index (χ3v) is 15.4. The molecule has 8 aromatic rings. The average molecular weight is 1070 g/mol. The van der Waals surface area contributed by atoms with Gasteiger partial charge >= 0.3 is 20.0 Å². The number of rotatable bonds is 21. The highest BCUT2D eigenvalue weighted by atomic mass is 31.2. The van der Waals surface area contributed by atoms with Crippen molar-refractivity contribution in [3.05, 3.63) is 281 Å². The molecule has 16 nitrogen and oxygen atoms in total. The summed E-state index contributed by atoms with van der Waals surface area (Å²) in [6, 6.07) is 61.3. The minimum absolute atomic E-state index is 0.00217. The quantitative estimate of drug-likeness (QED) is 0.0394.